The van der Waals surface area contributed by atoms with E-state index in [1.54, 1.807) is 18.3 Å². The number of rotatable bonds is 17. The molecule has 0 spiro atoms. The van der Waals surface area contributed by atoms with Gasteiger partial charge in [0.25, 0.3) is 10.0 Å². The molecule has 0 aliphatic carbocycles. The minimum Gasteiger partial charge on any atom is -0.480 e. The zero-order valence-electron chi connectivity index (χ0n) is 29.9. The molecule has 3 N–H and O–H groups in total. The van der Waals surface area contributed by atoms with Gasteiger partial charge in [-0.3, -0.25) is 4.72 Å². The number of imidazole rings is 1. The quantitative estimate of drug-likeness (QED) is 0.115. The average molecular weight is 680 g/mol. The molecule has 3 atom stereocenters. The third kappa shape index (κ3) is 8.87. The van der Waals surface area contributed by atoms with Gasteiger partial charge in [-0.2, -0.15) is 0 Å². The minimum atomic E-state index is -4.27. The molecule has 0 aliphatic heterocycles. The van der Waals surface area contributed by atoms with Crippen LogP contribution in [0, 0.1) is 29.5 Å². The van der Waals surface area contributed by atoms with E-state index in [1.807, 2.05) is 32.0 Å². The van der Waals surface area contributed by atoms with Crippen LogP contribution in [-0.4, -0.2) is 30.1 Å². The summed E-state index contributed by atoms with van der Waals surface area (Å²) in [5.41, 5.74) is 10.4. The zero-order valence-corrected chi connectivity index (χ0v) is 30.7. The molecule has 0 saturated carbocycles. The van der Waals surface area contributed by atoms with Gasteiger partial charge in [0.15, 0.2) is 0 Å². The Morgan fingerprint density at radius 2 is 1.67 bits per heavy atom. The summed E-state index contributed by atoms with van der Waals surface area (Å²) < 4.78 is 51.4. The van der Waals surface area contributed by atoms with Gasteiger partial charge in [-0.1, -0.05) is 79.9 Å². The Labute approximate surface area is 286 Å². The van der Waals surface area contributed by atoms with Crippen molar-refractivity contribution in [1.82, 2.24) is 14.5 Å². The summed E-state index contributed by atoms with van der Waals surface area (Å²) in [6.07, 6.45) is 8.82. The molecular weight excluding hydrogens is 626 g/mol. The lowest BCUT2D eigenvalue weighted by Gasteiger charge is -2.25. The van der Waals surface area contributed by atoms with Crippen molar-refractivity contribution in [3.05, 3.63) is 60.0 Å². The first-order valence-electron chi connectivity index (χ1n) is 17.4. The first-order chi connectivity index (χ1) is 22.7. The molecule has 0 radical (unpaired) electrons. The molecule has 2 aromatic heterocycles. The van der Waals surface area contributed by atoms with E-state index in [0.717, 1.165) is 47.8 Å². The lowest BCUT2D eigenvalue weighted by Crippen LogP contribution is -2.16. The summed E-state index contributed by atoms with van der Waals surface area (Å²) >= 11 is 0. The standard InChI is InChI=1S/C38H54FN5O3S/c1-9-11-28(24(2)3)14-13-27(7)26(6)12-10-19-44-35-22-30(15-17-33(35)42-38(44)40)31-21-34(37(47-8)41-23-31)43-48(45,46)36-18-16-29(25(4)5)20-32(36)39/h15-18,20-28,43H,9-14,19H2,1-8H3,(H2,40,42). The van der Waals surface area contributed by atoms with Gasteiger partial charge in [0, 0.05) is 18.3 Å². The van der Waals surface area contributed by atoms with Gasteiger partial charge in [-0.25, -0.2) is 22.8 Å². The molecule has 0 fully saturated rings. The van der Waals surface area contributed by atoms with Gasteiger partial charge in [0.1, 0.15) is 16.4 Å². The van der Waals surface area contributed by atoms with E-state index in [4.69, 9.17) is 10.5 Å². The number of hydrogen-bond donors (Lipinski definition) is 2. The number of pyridine rings is 1. The van der Waals surface area contributed by atoms with Gasteiger partial charge in [-0.05, 0) is 90.3 Å². The van der Waals surface area contributed by atoms with Crippen LogP contribution < -0.4 is 15.2 Å². The fourth-order valence-electron chi connectivity index (χ4n) is 6.49. The van der Waals surface area contributed by atoms with Gasteiger partial charge in [-0.15, -0.1) is 0 Å². The van der Waals surface area contributed by atoms with Gasteiger partial charge >= 0.3 is 0 Å². The number of nitrogens with two attached hydrogens (primary N) is 1. The van der Waals surface area contributed by atoms with E-state index >= 15 is 0 Å². The molecular formula is C38H54FN5O3S. The number of fused-ring (bicyclic) bond motifs is 1. The van der Waals surface area contributed by atoms with Crippen molar-refractivity contribution in [3.8, 4) is 17.0 Å². The maximum atomic E-state index is 14.9. The number of aryl methyl sites for hydroxylation is 1. The number of nitrogen functional groups attached to an aromatic ring is 1. The number of nitrogens with one attached hydrogen (secondary N) is 1. The number of ether oxygens (including phenoxy) is 1. The highest BCUT2D eigenvalue weighted by molar-refractivity contribution is 7.92. The van der Waals surface area contributed by atoms with Crippen molar-refractivity contribution in [3.63, 3.8) is 0 Å². The summed E-state index contributed by atoms with van der Waals surface area (Å²) in [5, 5.41) is 0. The highest BCUT2D eigenvalue weighted by atomic mass is 32.2. The van der Waals surface area contributed by atoms with Crippen molar-refractivity contribution >= 4 is 32.7 Å². The molecule has 4 rings (SSSR count). The Bertz CT molecular complexity index is 1790. The van der Waals surface area contributed by atoms with E-state index in [2.05, 4.69) is 53.9 Å². The van der Waals surface area contributed by atoms with E-state index in [1.165, 1.54) is 44.9 Å². The van der Waals surface area contributed by atoms with Crippen LogP contribution in [0.5, 0.6) is 5.88 Å². The molecule has 48 heavy (non-hydrogen) atoms. The second kappa shape index (κ2) is 16.2. The largest absolute Gasteiger partial charge is 0.480 e. The molecule has 0 amide bonds. The smallest absolute Gasteiger partial charge is 0.264 e. The predicted octanol–water partition coefficient (Wildman–Crippen LogP) is 9.66. The first-order valence-corrected chi connectivity index (χ1v) is 18.9. The third-order valence-electron chi connectivity index (χ3n) is 9.92. The number of aromatic nitrogens is 3. The van der Waals surface area contributed by atoms with E-state index in [9.17, 15) is 12.8 Å². The average Bonchev–Trinajstić information content (AvgIpc) is 3.35. The molecule has 8 nitrogen and oxygen atoms in total. The van der Waals surface area contributed by atoms with Crippen LogP contribution in [0.4, 0.5) is 16.0 Å². The fourth-order valence-corrected chi connectivity index (χ4v) is 7.60. The Morgan fingerprint density at radius 3 is 2.31 bits per heavy atom. The van der Waals surface area contributed by atoms with E-state index in [-0.39, 0.29) is 17.5 Å². The maximum absolute atomic E-state index is 14.9. The molecule has 4 aromatic rings. The molecule has 0 saturated heterocycles. The molecule has 3 unspecified atom stereocenters. The lowest BCUT2D eigenvalue weighted by atomic mass is 9.81. The predicted molar refractivity (Wildman–Crippen MR) is 195 cm³/mol. The third-order valence-corrected chi connectivity index (χ3v) is 11.3. The van der Waals surface area contributed by atoms with E-state index in [0.29, 0.717) is 28.9 Å². The summed E-state index contributed by atoms with van der Waals surface area (Å²) in [7, 11) is -2.87. The first kappa shape index (κ1) is 37.2. The topological polar surface area (TPSA) is 112 Å². The van der Waals surface area contributed by atoms with Gasteiger partial charge in [0.05, 0.1) is 18.1 Å². The van der Waals surface area contributed by atoms with Crippen molar-refractivity contribution < 1.29 is 17.5 Å². The fraction of sp³-hybridized carbons (Fsp3) is 0.526. The molecule has 0 bridgehead atoms. The second-order valence-electron chi connectivity index (χ2n) is 14.0. The van der Waals surface area contributed by atoms with Crippen molar-refractivity contribution in [2.75, 3.05) is 17.6 Å². The number of benzene rings is 2. The number of anilines is 2. The van der Waals surface area contributed by atoms with Crippen molar-refractivity contribution in [1.29, 1.82) is 0 Å². The zero-order chi connectivity index (χ0) is 35.2. The summed E-state index contributed by atoms with van der Waals surface area (Å²) in [5.74, 6) is 2.60. The summed E-state index contributed by atoms with van der Waals surface area (Å²) in [4.78, 5) is 8.51. The number of methoxy groups -OCH3 is 1. The van der Waals surface area contributed by atoms with Crippen LogP contribution in [0.2, 0.25) is 0 Å². The van der Waals surface area contributed by atoms with Crippen LogP contribution >= 0.6 is 0 Å². The summed E-state index contributed by atoms with van der Waals surface area (Å²) in [6.45, 7) is 16.3. The van der Waals surface area contributed by atoms with Gasteiger partial charge < -0.3 is 15.0 Å². The number of halogens is 1. The van der Waals surface area contributed by atoms with Crippen LogP contribution in [0.1, 0.15) is 98.5 Å². The Balaban J connectivity index is 1.51. The lowest BCUT2D eigenvalue weighted by molar-refractivity contribution is 0.264. The molecule has 2 heterocycles. The Hall–Kier alpha value is -3.66. The molecule has 10 heteroatoms. The van der Waals surface area contributed by atoms with Gasteiger partial charge in [0.2, 0.25) is 11.8 Å². The highest BCUT2D eigenvalue weighted by Gasteiger charge is 2.23. The SMILES string of the molecule is CCCC(CCC(C)C(C)CCCn1c(N)nc2ccc(-c3cnc(OC)c(NS(=O)(=O)c4ccc(C(C)C)cc4F)c3)cc21)C(C)C. The van der Waals surface area contributed by atoms with Crippen molar-refractivity contribution in [2.45, 2.75) is 104 Å². The number of nitrogens with zero attached hydrogens (tertiary/aromatic N) is 3. The maximum Gasteiger partial charge on any atom is 0.264 e. The molecule has 2 aromatic carbocycles. The van der Waals surface area contributed by atoms with E-state index < -0.39 is 20.7 Å². The molecule has 262 valence electrons. The second-order valence-corrected chi connectivity index (χ2v) is 15.7. The van der Waals surface area contributed by atoms with Crippen molar-refractivity contribution in [2.24, 2.45) is 23.7 Å². The van der Waals surface area contributed by atoms with Crippen LogP contribution in [-0.2, 0) is 16.6 Å². The number of hydrogen-bond acceptors (Lipinski definition) is 6. The van der Waals surface area contributed by atoms with Crippen LogP contribution in [0.25, 0.3) is 22.2 Å². The normalized spacial score (nSPS) is 14.1. The monoisotopic (exact) mass is 679 g/mol. The minimum absolute atomic E-state index is 0.0596. The van der Waals surface area contributed by atoms with Crippen LogP contribution in [0.3, 0.4) is 0 Å². The number of sulfonamides is 1. The summed E-state index contributed by atoms with van der Waals surface area (Å²) in [6, 6.07) is 11.6. The molecule has 0 aliphatic rings. The Kier molecular flexibility index (Phi) is 12.5. The highest BCUT2D eigenvalue weighted by Crippen LogP contribution is 2.34. The Morgan fingerprint density at radius 1 is 0.938 bits per heavy atom. The van der Waals surface area contributed by atoms with Crippen LogP contribution in [0.15, 0.2) is 53.6 Å².